The Labute approximate surface area is 494 Å². The van der Waals surface area contributed by atoms with Crippen LogP contribution in [-0.2, 0) is 21.7 Å². The van der Waals surface area contributed by atoms with E-state index in [1.165, 1.54) is 102 Å². The molecule has 6 aliphatic rings. The van der Waals surface area contributed by atoms with Crippen LogP contribution in [0.5, 0.6) is 0 Å². The van der Waals surface area contributed by atoms with Crippen LogP contribution in [0.2, 0.25) is 5.82 Å². The summed E-state index contributed by atoms with van der Waals surface area (Å²) in [5.74, 6) is 1.49. The second-order valence-electron chi connectivity index (χ2n) is 31.9. The molecule has 1 aromatic heterocycles. The summed E-state index contributed by atoms with van der Waals surface area (Å²) in [6.45, 7) is 49.2. The van der Waals surface area contributed by atoms with Crippen molar-refractivity contribution in [3.05, 3.63) is 177 Å². The molecule has 4 atom stereocenters. The number of thiophene rings is 1. The third kappa shape index (κ3) is 9.16. The zero-order valence-corrected chi connectivity index (χ0v) is 54.2. The molecular formula is C76H96BN3S. The standard InChI is InChI=1S/C76H96BN3S/c1-46(2)49-21-28-54(29-22-49)80(55-30-23-50(24-31-55)47(3)4)76(20)44-64-67-65(45-76)79(62-42-59-57(39-48(62)5)72(12,13)35-37-74(59,16)17)63-43-60-58(73(14,15)36-38-75(60,18)19)41-61(63)77(67)69-68(56-40-52(71(9,10)11)27-34-66(56)81-69)78(64)53-32-25-51(26-33-53)70(6,7)8/h21-34,39-42,44,46-47,60,65,67H,35-38,43,45H2,1-20H3. The Bertz CT molecular complexity index is 3510. The van der Waals surface area contributed by atoms with Crippen molar-refractivity contribution in [3.8, 4) is 0 Å². The minimum atomic E-state index is -0.481. The van der Waals surface area contributed by atoms with E-state index in [0.717, 1.165) is 12.8 Å². The molecule has 12 rings (SSSR count). The molecular weight excluding hydrogens is 998 g/mol. The van der Waals surface area contributed by atoms with Crippen molar-refractivity contribution >= 4 is 61.3 Å². The lowest BCUT2D eigenvalue weighted by Crippen LogP contribution is -2.64. The minimum Gasteiger partial charge on any atom is -0.342 e. The maximum absolute atomic E-state index is 3.05. The van der Waals surface area contributed by atoms with E-state index in [1.807, 2.05) is 0 Å². The molecule has 5 heteroatoms. The van der Waals surface area contributed by atoms with E-state index in [4.69, 9.17) is 0 Å². The largest absolute Gasteiger partial charge is 0.342 e. The lowest BCUT2D eigenvalue weighted by atomic mass is 9.28. The van der Waals surface area contributed by atoms with Gasteiger partial charge >= 0.3 is 0 Å². The quantitative estimate of drug-likeness (QED) is 0.148. The summed E-state index contributed by atoms with van der Waals surface area (Å²) in [6, 6.07) is 42.2. The van der Waals surface area contributed by atoms with Crippen molar-refractivity contribution in [1.29, 1.82) is 0 Å². The summed E-state index contributed by atoms with van der Waals surface area (Å²) < 4.78 is 2.93. The van der Waals surface area contributed by atoms with Crippen LogP contribution in [0, 0.1) is 23.7 Å². The van der Waals surface area contributed by atoms with Gasteiger partial charge in [0.05, 0.1) is 11.2 Å². The molecule has 0 amide bonds. The third-order valence-electron chi connectivity index (χ3n) is 21.6. The van der Waals surface area contributed by atoms with E-state index in [2.05, 4.69) is 280 Å². The molecule has 0 radical (unpaired) electrons. The first-order valence-electron chi connectivity index (χ1n) is 31.4. The Morgan fingerprint density at radius 2 is 1.17 bits per heavy atom. The zero-order chi connectivity index (χ0) is 58.1. The summed E-state index contributed by atoms with van der Waals surface area (Å²) in [5, 5.41) is 1.39. The molecule has 5 aromatic carbocycles. The van der Waals surface area contributed by atoms with Crippen LogP contribution in [-0.4, -0.2) is 18.3 Å². The molecule has 0 N–H and O–H groups in total. The number of hydrogen-bond acceptors (Lipinski definition) is 4. The van der Waals surface area contributed by atoms with Gasteiger partial charge in [0.1, 0.15) is 0 Å². The molecule has 4 aliphatic carbocycles. The van der Waals surface area contributed by atoms with E-state index >= 15 is 0 Å². The smallest absolute Gasteiger partial charge is 0.238 e. The number of benzene rings is 5. The van der Waals surface area contributed by atoms with Gasteiger partial charge in [0.25, 0.3) is 0 Å². The van der Waals surface area contributed by atoms with Gasteiger partial charge in [-0.15, -0.1) is 11.3 Å². The molecule has 3 nitrogen and oxygen atoms in total. The maximum atomic E-state index is 3.05. The highest BCUT2D eigenvalue weighted by molar-refractivity contribution is 7.31. The number of nitrogens with zero attached hydrogens (tertiary/aromatic N) is 3. The van der Waals surface area contributed by atoms with E-state index in [0.29, 0.717) is 17.8 Å². The molecule has 0 saturated heterocycles. The average Bonchev–Trinajstić information content (AvgIpc) is 3.58. The molecule has 424 valence electrons. The van der Waals surface area contributed by atoms with Crippen LogP contribution >= 0.6 is 11.3 Å². The van der Waals surface area contributed by atoms with Gasteiger partial charge < -0.3 is 14.7 Å². The normalized spacial score (nSPS) is 24.3. The van der Waals surface area contributed by atoms with E-state index < -0.39 is 5.54 Å². The molecule has 4 unspecified atom stereocenters. The Morgan fingerprint density at radius 3 is 1.73 bits per heavy atom. The highest BCUT2D eigenvalue weighted by Gasteiger charge is 2.60. The van der Waals surface area contributed by atoms with Crippen molar-refractivity contribution in [2.45, 2.75) is 228 Å². The first-order valence-corrected chi connectivity index (χ1v) is 32.2. The molecule has 81 heavy (non-hydrogen) atoms. The number of hydrogen-bond donors (Lipinski definition) is 0. The second-order valence-corrected chi connectivity index (χ2v) is 33.0. The van der Waals surface area contributed by atoms with E-state index in [-0.39, 0.29) is 51.1 Å². The monoisotopic (exact) mass is 1090 g/mol. The fraction of sp³-hybridized carbons (Fsp3) is 0.500. The van der Waals surface area contributed by atoms with E-state index in [1.54, 1.807) is 27.9 Å². The van der Waals surface area contributed by atoms with Gasteiger partial charge in [-0.2, -0.15) is 0 Å². The van der Waals surface area contributed by atoms with Crippen molar-refractivity contribution in [1.82, 2.24) is 0 Å². The molecule has 0 spiro atoms. The number of anilines is 5. The molecule has 1 saturated carbocycles. The Balaban J connectivity index is 1.23. The van der Waals surface area contributed by atoms with Crippen LogP contribution < -0.4 is 19.5 Å². The lowest BCUT2D eigenvalue weighted by Gasteiger charge is -2.61. The highest BCUT2D eigenvalue weighted by Crippen LogP contribution is 2.64. The molecule has 0 bridgehead atoms. The predicted octanol–water partition coefficient (Wildman–Crippen LogP) is 21.0. The van der Waals surface area contributed by atoms with Crippen LogP contribution in [0.15, 0.2) is 138 Å². The van der Waals surface area contributed by atoms with Gasteiger partial charge in [0, 0.05) is 60.9 Å². The van der Waals surface area contributed by atoms with Crippen LogP contribution in [0.1, 0.15) is 221 Å². The fourth-order valence-corrected chi connectivity index (χ4v) is 17.4. The van der Waals surface area contributed by atoms with Gasteiger partial charge in [0.15, 0.2) is 0 Å². The third-order valence-corrected chi connectivity index (χ3v) is 22.8. The Hall–Kier alpha value is -5.26. The summed E-state index contributed by atoms with van der Waals surface area (Å²) in [5.41, 5.74) is 22.8. The molecule has 6 aromatic rings. The van der Waals surface area contributed by atoms with Gasteiger partial charge in [0.2, 0.25) is 6.71 Å². The summed E-state index contributed by atoms with van der Waals surface area (Å²) in [7, 11) is 0. The number of rotatable bonds is 7. The SMILES string of the molecule is Cc1cc2c(cc1N1C3=C(C=C4C(C3)C(C)(C)CCC4(C)C)B3c4sc5ccc(C(C)(C)C)cc5c4N(c4ccc(C(C)(C)C)cc4)C4=CC(C)(N(c5ccc(C(C)C)cc5)c5ccc(C(C)C)cc5)CC1C34)C(C)(C)CCC2(C)C. The number of fused-ring (bicyclic) bond motifs is 7. The fourth-order valence-electron chi connectivity index (χ4n) is 16.1. The highest BCUT2D eigenvalue weighted by atomic mass is 32.1. The van der Waals surface area contributed by atoms with Gasteiger partial charge in [-0.1, -0.05) is 190 Å². The van der Waals surface area contributed by atoms with Gasteiger partial charge in [-0.3, -0.25) is 0 Å². The van der Waals surface area contributed by atoms with Gasteiger partial charge in [-0.25, -0.2) is 0 Å². The number of aryl methyl sites for hydroxylation is 1. The van der Waals surface area contributed by atoms with Crippen molar-refractivity contribution in [2.24, 2.45) is 16.7 Å². The Morgan fingerprint density at radius 1 is 0.630 bits per heavy atom. The topological polar surface area (TPSA) is 9.72 Å². The average molecular weight is 1090 g/mol. The maximum Gasteiger partial charge on any atom is 0.238 e. The molecule has 2 aliphatic heterocycles. The second kappa shape index (κ2) is 18.9. The molecule has 3 heterocycles. The zero-order valence-electron chi connectivity index (χ0n) is 53.4. The first-order chi connectivity index (χ1) is 37.8. The predicted molar refractivity (Wildman–Crippen MR) is 354 cm³/mol. The van der Waals surface area contributed by atoms with Crippen molar-refractivity contribution in [2.75, 3.05) is 14.7 Å². The van der Waals surface area contributed by atoms with Crippen molar-refractivity contribution in [3.63, 3.8) is 0 Å². The molecule has 1 fully saturated rings. The lowest BCUT2D eigenvalue weighted by molar-refractivity contribution is 0.120. The first kappa shape index (κ1) is 56.2. The van der Waals surface area contributed by atoms with Gasteiger partial charge in [-0.05, 0) is 202 Å². The van der Waals surface area contributed by atoms with Crippen LogP contribution in [0.25, 0.3) is 10.1 Å². The van der Waals surface area contributed by atoms with Crippen LogP contribution in [0.3, 0.4) is 0 Å². The Kier molecular flexibility index (Phi) is 13.1. The summed E-state index contributed by atoms with van der Waals surface area (Å²) in [6.07, 6.45) is 12.5. The van der Waals surface area contributed by atoms with Crippen molar-refractivity contribution < 1.29 is 0 Å². The minimum absolute atomic E-state index is 0.0103. The summed E-state index contributed by atoms with van der Waals surface area (Å²) in [4.78, 5) is 8.64. The van der Waals surface area contributed by atoms with Crippen LogP contribution in [0.4, 0.5) is 28.4 Å². The summed E-state index contributed by atoms with van der Waals surface area (Å²) >= 11 is 2.10. The van der Waals surface area contributed by atoms with E-state index in [9.17, 15) is 0 Å². The number of allylic oxidation sites excluding steroid dienone is 4.